The zero-order valence-corrected chi connectivity index (χ0v) is 16.8. The molecule has 1 fully saturated rings. The summed E-state index contributed by atoms with van der Waals surface area (Å²) < 4.78 is 27.1. The maximum absolute atomic E-state index is 12.9. The van der Waals surface area contributed by atoms with E-state index < -0.39 is 15.9 Å². The number of aryl methyl sites for hydroxylation is 1. The van der Waals surface area contributed by atoms with Gasteiger partial charge in [0.2, 0.25) is 15.9 Å². The second kappa shape index (κ2) is 8.62. The Morgan fingerprint density at radius 2 is 1.96 bits per heavy atom. The first-order valence-corrected chi connectivity index (χ1v) is 10.6. The number of nitrogens with one attached hydrogen (secondary N) is 1. The molecule has 28 heavy (non-hydrogen) atoms. The number of benzene rings is 1. The first kappa shape index (κ1) is 20.2. The summed E-state index contributed by atoms with van der Waals surface area (Å²) in [5.41, 5.74) is 4.82. The third-order valence-corrected chi connectivity index (χ3v) is 6.66. The van der Waals surface area contributed by atoms with Gasteiger partial charge in [0.05, 0.1) is 22.2 Å². The van der Waals surface area contributed by atoms with Crippen molar-refractivity contribution in [1.82, 2.24) is 14.7 Å². The summed E-state index contributed by atoms with van der Waals surface area (Å²) in [5, 5.41) is 4.11. The highest BCUT2D eigenvalue weighted by Gasteiger charge is 2.33. The van der Waals surface area contributed by atoms with E-state index in [1.165, 1.54) is 4.31 Å². The average Bonchev–Trinajstić information content (AvgIpc) is 2.72. The Hall–Kier alpha value is -2.58. The van der Waals surface area contributed by atoms with Crippen LogP contribution in [0.2, 0.25) is 0 Å². The van der Waals surface area contributed by atoms with E-state index in [0.29, 0.717) is 30.8 Å². The highest BCUT2D eigenvalue weighted by atomic mass is 32.2. The van der Waals surface area contributed by atoms with Gasteiger partial charge in [0.25, 0.3) is 0 Å². The fraction of sp³-hybridized carbons (Fsp3) is 0.350. The lowest BCUT2D eigenvalue weighted by molar-refractivity contribution is -0.126. The third kappa shape index (κ3) is 4.63. The van der Waals surface area contributed by atoms with E-state index in [9.17, 15) is 13.2 Å². The Labute approximate surface area is 165 Å². The zero-order chi connectivity index (χ0) is 20.1. The Balaban J connectivity index is 1.67. The van der Waals surface area contributed by atoms with Gasteiger partial charge in [-0.1, -0.05) is 23.8 Å². The van der Waals surface area contributed by atoms with E-state index in [1.807, 2.05) is 19.1 Å². The molecule has 1 aromatic heterocycles. The van der Waals surface area contributed by atoms with Crippen molar-refractivity contribution < 1.29 is 13.2 Å². The number of piperidine rings is 1. The molecule has 2 heterocycles. The number of carbonyl (C=O) groups excluding carboxylic acids is 1. The van der Waals surface area contributed by atoms with Gasteiger partial charge in [-0.05, 0) is 51.0 Å². The number of pyridine rings is 1. The van der Waals surface area contributed by atoms with Crippen LogP contribution in [0.25, 0.3) is 0 Å². The zero-order valence-electron chi connectivity index (χ0n) is 16.0. The molecule has 0 unspecified atom stereocenters. The van der Waals surface area contributed by atoms with Crippen LogP contribution in [0.4, 0.5) is 0 Å². The van der Waals surface area contributed by atoms with Crippen molar-refractivity contribution in [3.05, 3.63) is 59.9 Å². The number of sulfonamides is 1. The monoisotopic (exact) mass is 400 g/mol. The molecule has 2 aromatic rings. The van der Waals surface area contributed by atoms with Gasteiger partial charge in [-0.2, -0.15) is 9.41 Å². The maximum Gasteiger partial charge on any atom is 0.244 e. The lowest BCUT2D eigenvalue weighted by Gasteiger charge is -2.30. The minimum Gasteiger partial charge on any atom is -0.273 e. The van der Waals surface area contributed by atoms with Crippen molar-refractivity contribution in [3.63, 3.8) is 0 Å². The standard InChI is InChI=1S/C20H24N4O3S/c1-15-8-10-18(11-9-15)28(26,27)24-13-5-6-17(14-24)20(25)23-22-16(2)19-7-3-4-12-21-19/h3-4,7-12,17H,5-6,13-14H2,1-2H3,(H,23,25)/b22-16-/t17-/m0/s1. The van der Waals surface area contributed by atoms with Crippen LogP contribution in [0.3, 0.4) is 0 Å². The molecule has 0 spiro atoms. The van der Waals surface area contributed by atoms with Gasteiger partial charge >= 0.3 is 0 Å². The highest BCUT2D eigenvalue weighted by molar-refractivity contribution is 7.89. The molecule has 8 heteroatoms. The van der Waals surface area contributed by atoms with Crippen LogP contribution in [0.1, 0.15) is 31.0 Å². The molecule has 0 bridgehead atoms. The molecule has 1 N–H and O–H groups in total. The van der Waals surface area contributed by atoms with E-state index in [4.69, 9.17) is 0 Å². The van der Waals surface area contributed by atoms with Gasteiger partial charge in [-0.15, -0.1) is 0 Å². The van der Waals surface area contributed by atoms with Crippen LogP contribution in [0, 0.1) is 12.8 Å². The molecule has 0 aliphatic carbocycles. The van der Waals surface area contributed by atoms with E-state index in [2.05, 4.69) is 15.5 Å². The van der Waals surface area contributed by atoms with Crippen molar-refractivity contribution in [1.29, 1.82) is 0 Å². The molecular formula is C20H24N4O3S. The van der Waals surface area contributed by atoms with Crippen molar-refractivity contribution >= 4 is 21.6 Å². The molecule has 0 saturated carbocycles. The van der Waals surface area contributed by atoms with Crippen LogP contribution in [-0.2, 0) is 14.8 Å². The number of carbonyl (C=O) groups is 1. The van der Waals surface area contributed by atoms with Gasteiger partial charge < -0.3 is 0 Å². The second-order valence-electron chi connectivity index (χ2n) is 6.90. The van der Waals surface area contributed by atoms with E-state index >= 15 is 0 Å². The number of nitrogens with zero attached hydrogens (tertiary/aromatic N) is 3. The number of hydrogen-bond donors (Lipinski definition) is 1. The molecule has 1 amide bonds. The van der Waals surface area contributed by atoms with Gasteiger partial charge in [0, 0.05) is 19.3 Å². The minimum absolute atomic E-state index is 0.153. The van der Waals surface area contributed by atoms with Crippen molar-refractivity contribution in [3.8, 4) is 0 Å². The first-order valence-electron chi connectivity index (χ1n) is 9.20. The molecule has 1 aliphatic rings. The van der Waals surface area contributed by atoms with Crippen molar-refractivity contribution in [2.24, 2.45) is 11.0 Å². The molecule has 0 radical (unpaired) electrons. The molecule has 3 rings (SSSR count). The predicted molar refractivity (Wildman–Crippen MR) is 107 cm³/mol. The maximum atomic E-state index is 12.9. The van der Waals surface area contributed by atoms with Crippen LogP contribution in [0.5, 0.6) is 0 Å². The van der Waals surface area contributed by atoms with Crippen LogP contribution < -0.4 is 5.43 Å². The van der Waals surface area contributed by atoms with Crippen LogP contribution in [-0.4, -0.2) is 42.4 Å². The summed E-state index contributed by atoms with van der Waals surface area (Å²) in [6.45, 7) is 4.24. The molecule has 7 nitrogen and oxygen atoms in total. The second-order valence-corrected chi connectivity index (χ2v) is 8.84. The quantitative estimate of drug-likeness (QED) is 0.616. The summed E-state index contributed by atoms with van der Waals surface area (Å²) >= 11 is 0. The molecule has 148 valence electrons. The summed E-state index contributed by atoms with van der Waals surface area (Å²) in [7, 11) is -3.61. The van der Waals surface area contributed by atoms with Gasteiger partial charge in [0.1, 0.15) is 0 Å². The highest BCUT2D eigenvalue weighted by Crippen LogP contribution is 2.24. The van der Waals surface area contributed by atoms with Gasteiger partial charge in [-0.3, -0.25) is 9.78 Å². The lowest BCUT2D eigenvalue weighted by atomic mass is 9.99. The Kier molecular flexibility index (Phi) is 6.21. The SMILES string of the molecule is C/C(=N/NC(=O)[C@H]1CCCN(S(=O)(=O)c2ccc(C)cc2)C1)c1ccccn1. The van der Waals surface area contributed by atoms with Gasteiger partial charge in [-0.25, -0.2) is 13.8 Å². The molecule has 1 aliphatic heterocycles. The van der Waals surface area contributed by atoms with E-state index in [-0.39, 0.29) is 17.3 Å². The van der Waals surface area contributed by atoms with E-state index in [1.54, 1.807) is 43.5 Å². The first-order chi connectivity index (χ1) is 13.4. The smallest absolute Gasteiger partial charge is 0.244 e. The third-order valence-electron chi connectivity index (χ3n) is 4.78. The molecule has 1 aromatic carbocycles. The van der Waals surface area contributed by atoms with Crippen LogP contribution >= 0.6 is 0 Å². The fourth-order valence-corrected chi connectivity index (χ4v) is 4.62. The number of rotatable bonds is 5. The topological polar surface area (TPSA) is 91.7 Å². The average molecular weight is 401 g/mol. The summed E-state index contributed by atoms with van der Waals surface area (Å²) in [6, 6.07) is 12.2. The predicted octanol–water partition coefficient (Wildman–Crippen LogP) is 2.33. The number of hydrogen-bond acceptors (Lipinski definition) is 5. The summed E-state index contributed by atoms with van der Waals surface area (Å²) in [5.74, 6) is -0.714. The van der Waals surface area contributed by atoms with Crippen LogP contribution in [0.15, 0.2) is 58.7 Å². The normalized spacial score (nSPS) is 18.6. The number of aromatic nitrogens is 1. The van der Waals surface area contributed by atoms with Gasteiger partial charge in [0.15, 0.2) is 0 Å². The number of amides is 1. The summed E-state index contributed by atoms with van der Waals surface area (Å²) in [4.78, 5) is 17.0. The molecule has 1 atom stereocenters. The Morgan fingerprint density at radius 1 is 1.21 bits per heavy atom. The fourth-order valence-electron chi connectivity index (χ4n) is 3.10. The van der Waals surface area contributed by atoms with Crippen molar-refractivity contribution in [2.75, 3.05) is 13.1 Å². The summed E-state index contributed by atoms with van der Waals surface area (Å²) in [6.07, 6.45) is 2.92. The van der Waals surface area contributed by atoms with Crippen molar-refractivity contribution in [2.45, 2.75) is 31.6 Å². The molecule has 1 saturated heterocycles. The molecular weight excluding hydrogens is 376 g/mol. The Bertz CT molecular complexity index is 957. The van der Waals surface area contributed by atoms with E-state index in [0.717, 1.165) is 5.56 Å². The number of hydrazone groups is 1. The Morgan fingerprint density at radius 3 is 2.64 bits per heavy atom. The minimum atomic E-state index is -3.61. The largest absolute Gasteiger partial charge is 0.273 e. The lowest BCUT2D eigenvalue weighted by Crippen LogP contribution is -2.44.